The number of pyridine rings is 2. The molecule has 0 fully saturated rings. The van der Waals surface area contributed by atoms with E-state index in [4.69, 9.17) is 68.1 Å². The highest BCUT2D eigenvalue weighted by Crippen LogP contribution is 2.27. The molecule has 0 atom stereocenters. The van der Waals surface area contributed by atoms with E-state index < -0.39 is 7.12 Å². The number of halogens is 5. The zero-order chi connectivity index (χ0) is 28.6. The Labute approximate surface area is 253 Å². The third-order valence-corrected chi connectivity index (χ3v) is 6.11. The Morgan fingerprint density at radius 1 is 0.550 bits per heavy atom. The maximum atomic E-state index is 9.05. The van der Waals surface area contributed by atoms with Crippen LogP contribution in [0.5, 0.6) is 0 Å². The van der Waals surface area contributed by atoms with E-state index in [2.05, 4.69) is 29.9 Å². The van der Waals surface area contributed by atoms with Gasteiger partial charge in [0.05, 0.1) is 16.7 Å². The average molecular weight is 633 g/mol. The molecule has 8 nitrogen and oxygen atoms in total. The van der Waals surface area contributed by atoms with Gasteiger partial charge in [-0.25, -0.2) is 19.9 Å². The molecule has 0 aliphatic carbocycles. The Morgan fingerprint density at radius 2 is 1.05 bits per heavy atom. The molecule has 0 unspecified atom stereocenters. The third kappa shape index (κ3) is 7.96. The van der Waals surface area contributed by atoms with Crippen LogP contribution in [0.1, 0.15) is 0 Å². The molecule has 4 heterocycles. The Balaban J connectivity index is 0.000000148. The molecular weight excluding hydrogens is 616 g/mol. The van der Waals surface area contributed by atoms with Crippen LogP contribution in [-0.4, -0.2) is 47.1 Å². The van der Waals surface area contributed by atoms with E-state index in [1.54, 1.807) is 24.5 Å². The maximum Gasteiger partial charge on any atom is 0.489 e. The minimum atomic E-state index is -1.44. The maximum absolute atomic E-state index is 9.05. The molecule has 0 spiro atoms. The lowest BCUT2D eigenvalue weighted by molar-refractivity contribution is 0.426. The minimum absolute atomic E-state index is 0.0625. The lowest BCUT2D eigenvalue weighted by Crippen LogP contribution is -2.30. The van der Waals surface area contributed by atoms with Crippen molar-refractivity contribution in [3.8, 4) is 11.3 Å². The molecule has 0 aliphatic rings. The van der Waals surface area contributed by atoms with Crippen molar-refractivity contribution in [3.63, 3.8) is 0 Å². The molecule has 0 aliphatic heterocycles. The normalized spacial score (nSPS) is 10.4. The Kier molecular flexibility index (Phi) is 10.4. The van der Waals surface area contributed by atoms with E-state index >= 15 is 0 Å². The number of rotatable bonds is 2. The zero-order valence-electron chi connectivity index (χ0n) is 20.1. The topological polar surface area (TPSA) is 118 Å². The van der Waals surface area contributed by atoms with Crippen molar-refractivity contribution in [3.05, 3.63) is 111 Å². The molecule has 6 aromatic rings. The molecule has 2 aromatic carbocycles. The van der Waals surface area contributed by atoms with E-state index in [1.807, 2.05) is 54.6 Å². The van der Waals surface area contributed by atoms with Crippen LogP contribution in [0.2, 0.25) is 26.0 Å². The summed E-state index contributed by atoms with van der Waals surface area (Å²) in [7, 11) is -1.44. The van der Waals surface area contributed by atoms with Crippen LogP contribution >= 0.6 is 58.0 Å². The summed E-state index contributed by atoms with van der Waals surface area (Å²) < 4.78 is 0. The minimum Gasteiger partial charge on any atom is -0.423 e. The number of benzene rings is 2. The molecule has 6 rings (SSSR count). The van der Waals surface area contributed by atoms with Gasteiger partial charge >= 0.3 is 7.12 Å². The van der Waals surface area contributed by atoms with Gasteiger partial charge in [-0.05, 0) is 58.3 Å². The summed E-state index contributed by atoms with van der Waals surface area (Å²) in [4.78, 5) is 23.6. The first kappa shape index (κ1) is 29.8. The first-order valence-corrected chi connectivity index (χ1v) is 13.2. The summed E-state index contributed by atoms with van der Waals surface area (Å²) in [5.74, 6) is 0. The fourth-order valence-corrected chi connectivity index (χ4v) is 4.65. The third-order valence-electron chi connectivity index (χ3n) is 5.19. The fourth-order valence-electron chi connectivity index (χ4n) is 3.55. The van der Waals surface area contributed by atoms with Crippen molar-refractivity contribution < 1.29 is 10.0 Å². The second kappa shape index (κ2) is 14.0. The van der Waals surface area contributed by atoms with Crippen LogP contribution < -0.4 is 5.46 Å². The SMILES string of the molecule is Clc1cc(-c2ccnc3ccccc23)nc(Cl)n1.Clc1cc(Cl)nc(Cl)n1.OB(O)c1ccnc2ccccc12. The first-order valence-electron chi connectivity index (χ1n) is 11.3. The lowest BCUT2D eigenvalue weighted by Gasteiger charge is -2.05. The number of hydrogen-bond donors (Lipinski definition) is 2. The summed E-state index contributed by atoms with van der Waals surface area (Å²) in [6.45, 7) is 0. The Bertz CT molecular complexity index is 1700. The lowest BCUT2D eigenvalue weighted by atomic mass is 9.78. The summed E-state index contributed by atoms with van der Waals surface area (Å²) in [5.41, 5.74) is 3.80. The standard InChI is InChI=1S/C13H7Cl2N3.C9H8BNO2.C4HCl3N2/c14-12-7-11(17-13(15)18-12)9-5-6-16-10-4-2-1-3-8(9)10;12-10(13)8-5-6-11-9-4-2-1-3-7(8)9;5-2-1-3(6)9-4(7)8-2/h1-7H;1-6,12-13H;1H. The molecule has 0 amide bonds. The highest BCUT2D eigenvalue weighted by Gasteiger charge is 2.14. The fraction of sp³-hybridized carbons (Fsp3) is 0. The molecule has 40 heavy (non-hydrogen) atoms. The van der Waals surface area contributed by atoms with Gasteiger partial charge in [-0.3, -0.25) is 9.97 Å². The summed E-state index contributed by atoms with van der Waals surface area (Å²) in [6.07, 6.45) is 3.30. The zero-order valence-corrected chi connectivity index (χ0v) is 23.9. The number of aromatic nitrogens is 6. The monoisotopic (exact) mass is 630 g/mol. The first-order chi connectivity index (χ1) is 19.2. The number of hydrogen-bond acceptors (Lipinski definition) is 8. The van der Waals surface area contributed by atoms with Crippen molar-refractivity contribution in [2.45, 2.75) is 0 Å². The smallest absolute Gasteiger partial charge is 0.423 e. The highest BCUT2D eigenvalue weighted by molar-refractivity contribution is 6.61. The summed E-state index contributed by atoms with van der Waals surface area (Å²) >= 11 is 27.9. The number of fused-ring (bicyclic) bond motifs is 2. The van der Waals surface area contributed by atoms with Gasteiger partial charge in [-0.2, -0.15) is 0 Å². The van der Waals surface area contributed by atoms with Crippen LogP contribution in [-0.2, 0) is 0 Å². The molecule has 14 heteroatoms. The van der Waals surface area contributed by atoms with Gasteiger partial charge in [0.2, 0.25) is 10.6 Å². The van der Waals surface area contributed by atoms with Crippen molar-refractivity contribution in [2.24, 2.45) is 0 Å². The quantitative estimate of drug-likeness (QED) is 0.129. The van der Waals surface area contributed by atoms with Crippen LogP contribution in [0.15, 0.2) is 85.2 Å². The van der Waals surface area contributed by atoms with Crippen LogP contribution in [0, 0.1) is 0 Å². The van der Waals surface area contributed by atoms with Crippen LogP contribution in [0.4, 0.5) is 0 Å². The van der Waals surface area contributed by atoms with Crippen molar-refractivity contribution in [1.82, 2.24) is 29.9 Å². The molecule has 0 saturated heterocycles. The molecule has 0 saturated carbocycles. The highest BCUT2D eigenvalue weighted by atomic mass is 35.5. The average Bonchev–Trinajstić information content (AvgIpc) is 2.92. The van der Waals surface area contributed by atoms with E-state index in [9.17, 15) is 0 Å². The van der Waals surface area contributed by atoms with Gasteiger partial charge in [0.15, 0.2) is 0 Å². The second-order valence-electron chi connectivity index (χ2n) is 7.79. The predicted octanol–water partition coefficient (Wildman–Crippen LogP) is 6.35. The van der Waals surface area contributed by atoms with Crippen molar-refractivity contribution in [2.75, 3.05) is 0 Å². The largest absolute Gasteiger partial charge is 0.489 e. The second-order valence-corrected chi connectivity index (χ2v) is 9.63. The number of nitrogens with zero attached hydrogens (tertiary/aromatic N) is 6. The van der Waals surface area contributed by atoms with Gasteiger partial charge in [-0.1, -0.05) is 71.2 Å². The molecule has 0 bridgehead atoms. The molecule has 200 valence electrons. The molecule has 2 N–H and O–H groups in total. The van der Waals surface area contributed by atoms with Crippen LogP contribution in [0.3, 0.4) is 0 Å². The van der Waals surface area contributed by atoms with Gasteiger partial charge in [0.25, 0.3) is 0 Å². The summed E-state index contributed by atoms with van der Waals surface area (Å²) in [5, 5.41) is 20.9. The van der Waals surface area contributed by atoms with Gasteiger partial charge in [0.1, 0.15) is 15.5 Å². The molecule has 0 radical (unpaired) electrons. The summed E-state index contributed by atoms with van der Waals surface area (Å²) in [6, 6.07) is 21.8. The van der Waals surface area contributed by atoms with Gasteiger partial charge in [0, 0.05) is 35.5 Å². The Morgan fingerprint density at radius 3 is 1.62 bits per heavy atom. The van der Waals surface area contributed by atoms with E-state index in [0.29, 0.717) is 16.3 Å². The van der Waals surface area contributed by atoms with E-state index in [1.165, 1.54) is 6.07 Å². The van der Waals surface area contributed by atoms with Gasteiger partial charge in [-0.15, -0.1) is 0 Å². The van der Waals surface area contributed by atoms with Crippen molar-refractivity contribution in [1.29, 1.82) is 0 Å². The van der Waals surface area contributed by atoms with Crippen molar-refractivity contribution >= 4 is 92.4 Å². The van der Waals surface area contributed by atoms with E-state index in [0.717, 1.165) is 27.4 Å². The van der Waals surface area contributed by atoms with E-state index in [-0.39, 0.29) is 20.9 Å². The number of para-hydroxylation sites is 2. The molecular formula is C26H16BCl5N6O2. The molecule has 4 aromatic heterocycles. The predicted molar refractivity (Wildman–Crippen MR) is 161 cm³/mol. The Hall–Kier alpha value is -3.15. The van der Waals surface area contributed by atoms with Gasteiger partial charge < -0.3 is 10.0 Å². The van der Waals surface area contributed by atoms with Crippen LogP contribution in [0.25, 0.3) is 33.1 Å².